The Balaban J connectivity index is 1.56. The molecule has 1 atom stereocenters. The van der Waals surface area contributed by atoms with E-state index >= 15 is 0 Å². The number of hydrogen-bond acceptors (Lipinski definition) is 7. The minimum Gasteiger partial charge on any atom is -0.496 e. The molecule has 8 heteroatoms. The summed E-state index contributed by atoms with van der Waals surface area (Å²) in [5.74, 6) is 1.02. The maximum Gasteiger partial charge on any atom is 0.338 e. The summed E-state index contributed by atoms with van der Waals surface area (Å²) in [4.78, 5) is 32.1. The van der Waals surface area contributed by atoms with Crippen LogP contribution in [0.2, 0.25) is 0 Å². The molecule has 1 aromatic heterocycles. The number of nitrogens with zero attached hydrogens (tertiary/aromatic N) is 2. The summed E-state index contributed by atoms with van der Waals surface area (Å²) in [7, 11) is 1.63. The summed E-state index contributed by atoms with van der Waals surface area (Å²) in [6.07, 6.45) is 1.84. The van der Waals surface area contributed by atoms with Gasteiger partial charge in [-0.3, -0.25) is 9.36 Å². The largest absolute Gasteiger partial charge is 0.496 e. The fourth-order valence-corrected chi connectivity index (χ4v) is 6.12. The smallest absolute Gasteiger partial charge is 0.338 e. The maximum absolute atomic E-state index is 13.9. The molecule has 7 nitrogen and oxygen atoms in total. The van der Waals surface area contributed by atoms with Gasteiger partial charge in [0.05, 0.1) is 35.6 Å². The van der Waals surface area contributed by atoms with Gasteiger partial charge in [-0.25, -0.2) is 9.79 Å². The van der Waals surface area contributed by atoms with Crippen molar-refractivity contribution in [3.8, 4) is 11.5 Å². The second kappa shape index (κ2) is 12.0. The SMILES string of the molecule is CCOC(=O)C1=C(C)N=c2s/c(=C\c3ccc(OC)c(COc4cc(C)cc(C)c4)c3)c(=O)n2[C@H]1c1ccccc1. The fraction of sp³-hybridized carbons (Fsp3) is 0.242. The van der Waals surface area contributed by atoms with Crippen molar-refractivity contribution in [2.75, 3.05) is 13.7 Å². The van der Waals surface area contributed by atoms with E-state index in [1.807, 2.05) is 80.6 Å². The Morgan fingerprint density at radius 2 is 1.76 bits per heavy atom. The number of thiazole rings is 1. The molecule has 5 rings (SSSR count). The molecule has 0 spiro atoms. The molecule has 1 aliphatic rings. The lowest BCUT2D eigenvalue weighted by Crippen LogP contribution is -2.39. The summed E-state index contributed by atoms with van der Waals surface area (Å²) in [6.45, 7) is 8.16. The number of methoxy groups -OCH3 is 1. The molecule has 0 fully saturated rings. The van der Waals surface area contributed by atoms with Crippen LogP contribution in [0.1, 0.15) is 47.7 Å². The Labute approximate surface area is 242 Å². The monoisotopic (exact) mass is 568 g/mol. The Kier molecular flexibility index (Phi) is 8.21. The van der Waals surface area contributed by atoms with E-state index in [0.717, 1.165) is 33.6 Å². The average molecular weight is 569 g/mol. The topological polar surface area (TPSA) is 79.1 Å². The highest BCUT2D eigenvalue weighted by Gasteiger charge is 2.33. The number of carbonyl (C=O) groups excluding carboxylic acids is 1. The van der Waals surface area contributed by atoms with Gasteiger partial charge in [0, 0.05) is 5.56 Å². The number of aryl methyl sites for hydroxylation is 2. The van der Waals surface area contributed by atoms with Gasteiger partial charge in [-0.1, -0.05) is 53.8 Å². The number of carbonyl (C=O) groups is 1. The molecule has 41 heavy (non-hydrogen) atoms. The van der Waals surface area contributed by atoms with Gasteiger partial charge in [0.2, 0.25) is 0 Å². The molecule has 0 radical (unpaired) electrons. The van der Waals surface area contributed by atoms with Crippen molar-refractivity contribution in [1.82, 2.24) is 4.57 Å². The first-order valence-electron chi connectivity index (χ1n) is 13.4. The van der Waals surface area contributed by atoms with Crippen LogP contribution in [0, 0.1) is 13.8 Å². The number of rotatable bonds is 8. The molecule has 1 aliphatic heterocycles. The van der Waals surface area contributed by atoms with Crippen molar-refractivity contribution >= 4 is 23.4 Å². The molecule has 4 aromatic rings. The van der Waals surface area contributed by atoms with Crippen LogP contribution in [-0.4, -0.2) is 24.3 Å². The summed E-state index contributed by atoms with van der Waals surface area (Å²) in [5.41, 5.74) is 5.45. The first kappa shape index (κ1) is 28.1. The Morgan fingerprint density at radius 3 is 2.44 bits per heavy atom. The second-order valence-electron chi connectivity index (χ2n) is 9.90. The molecule has 0 saturated carbocycles. The third-order valence-electron chi connectivity index (χ3n) is 6.82. The van der Waals surface area contributed by atoms with E-state index in [0.29, 0.717) is 33.0 Å². The molecular formula is C33H32N2O5S. The summed E-state index contributed by atoms with van der Waals surface area (Å²) in [6, 6.07) is 20.7. The van der Waals surface area contributed by atoms with Crippen LogP contribution in [0.4, 0.5) is 0 Å². The highest BCUT2D eigenvalue weighted by molar-refractivity contribution is 7.07. The van der Waals surface area contributed by atoms with E-state index in [-0.39, 0.29) is 12.2 Å². The molecule has 3 aromatic carbocycles. The first-order chi connectivity index (χ1) is 19.8. The van der Waals surface area contributed by atoms with E-state index < -0.39 is 12.0 Å². The van der Waals surface area contributed by atoms with Gasteiger partial charge >= 0.3 is 5.97 Å². The molecule has 0 aliphatic carbocycles. The predicted molar refractivity (Wildman–Crippen MR) is 160 cm³/mol. The molecule has 0 amide bonds. The Hall–Kier alpha value is -4.43. The number of ether oxygens (including phenoxy) is 3. The van der Waals surface area contributed by atoms with Crippen LogP contribution < -0.4 is 24.4 Å². The van der Waals surface area contributed by atoms with Crippen LogP contribution in [-0.2, 0) is 16.1 Å². The molecule has 210 valence electrons. The first-order valence-corrected chi connectivity index (χ1v) is 14.2. The maximum atomic E-state index is 13.9. The van der Waals surface area contributed by atoms with E-state index in [2.05, 4.69) is 11.1 Å². The van der Waals surface area contributed by atoms with Crippen LogP contribution in [0.15, 0.2) is 87.8 Å². The quantitative estimate of drug-likeness (QED) is 0.280. The summed E-state index contributed by atoms with van der Waals surface area (Å²) < 4.78 is 19.2. The molecular weight excluding hydrogens is 536 g/mol. The van der Waals surface area contributed by atoms with Gasteiger partial charge in [0.15, 0.2) is 4.80 Å². The number of fused-ring (bicyclic) bond motifs is 1. The van der Waals surface area contributed by atoms with Crippen LogP contribution in [0.5, 0.6) is 11.5 Å². The zero-order valence-corrected chi connectivity index (χ0v) is 24.6. The third-order valence-corrected chi connectivity index (χ3v) is 7.81. The zero-order chi connectivity index (χ0) is 29.1. The van der Waals surface area contributed by atoms with E-state index in [1.54, 1.807) is 25.5 Å². The van der Waals surface area contributed by atoms with Gasteiger partial charge in [-0.05, 0) is 80.3 Å². The molecule has 0 saturated heterocycles. The normalized spacial score (nSPS) is 14.9. The zero-order valence-electron chi connectivity index (χ0n) is 23.8. The van der Waals surface area contributed by atoms with Crippen LogP contribution in [0.25, 0.3) is 6.08 Å². The van der Waals surface area contributed by atoms with E-state index in [9.17, 15) is 9.59 Å². The van der Waals surface area contributed by atoms with Gasteiger partial charge in [0.25, 0.3) is 5.56 Å². The average Bonchev–Trinajstić information content (AvgIpc) is 3.25. The minimum atomic E-state index is -0.633. The van der Waals surface area contributed by atoms with Crippen molar-refractivity contribution in [1.29, 1.82) is 0 Å². The van der Waals surface area contributed by atoms with Gasteiger partial charge in [-0.2, -0.15) is 0 Å². The van der Waals surface area contributed by atoms with Crippen LogP contribution >= 0.6 is 11.3 Å². The minimum absolute atomic E-state index is 0.222. The van der Waals surface area contributed by atoms with Gasteiger partial charge in [0.1, 0.15) is 18.1 Å². The lowest BCUT2D eigenvalue weighted by Gasteiger charge is -2.24. The van der Waals surface area contributed by atoms with E-state index in [4.69, 9.17) is 14.2 Å². The van der Waals surface area contributed by atoms with Crippen molar-refractivity contribution in [3.63, 3.8) is 0 Å². The van der Waals surface area contributed by atoms with Crippen LogP contribution in [0.3, 0.4) is 0 Å². The highest BCUT2D eigenvalue weighted by atomic mass is 32.1. The fourth-order valence-electron chi connectivity index (χ4n) is 5.07. The lowest BCUT2D eigenvalue weighted by molar-refractivity contribution is -0.139. The third kappa shape index (κ3) is 5.88. The number of aromatic nitrogens is 1. The number of esters is 1. The number of benzene rings is 3. The summed E-state index contributed by atoms with van der Waals surface area (Å²) >= 11 is 1.29. The van der Waals surface area contributed by atoms with Gasteiger partial charge in [-0.15, -0.1) is 0 Å². The standard InChI is InChI=1S/C33H32N2O5S/c1-6-39-32(37)29-22(4)34-33-35(30(29)24-10-8-7-9-11-24)31(36)28(41-33)18-23-12-13-27(38-5)25(17-23)19-40-26-15-20(2)14-21(3)16-26/h7-18,30H,6,19H2,1-5H3/b28-18-/t30-/m0/s1. The number of hydrogen-bond donors (Lipinski definition) is 0. The molecule has 0 unspecified atom stereocenters. The Bertz CT molecular complexity index is 1800. The van der Waals surface area contributed by atoms with E-state index in [1.165, 1.54) is 11.3 Å². The van der Waals surface area contributed by atoms with Crippen molar-refractivity contribution in [3.05, 3.63) is 126 Å². The highest BCUT2D eigenvalue weighted by Crippen LogP contribution is 2.30. The Morgan fingerprint density at radius 1 is 1.02 bits per heavy atom. The molecule has 0 bridgehead atoms. The molecule has 2 heterocycles. The van der Waals surface area contributed by atoms with Gasteiger partial charge < -0.3 is 14.2 Å². The van der Waals surface area contributed by atoms with Crippen molar-refractivity contribution in [2.45, 2.75) is 40.3 Å². The lowest BCUT2D eigenvalue weighted by atomic mass is 9.96. The molecule has 0 N–H and O–H groups in total. The number of allylic oxidation sites excluding steroid dienone is 1. The predicted octanol–water partition coefficient (Wildman–Crippen LogP) is 5.00. The summed E-state index contributed by atoms with van der Waals surface area (Å²) in [5, 5.41) is 0. The van der Waals surface area contributed by atoms with Crippen molar-refractivity contribution in [2.24, 2.45) is 4.99 Å². The second-order valence-corrected chi connectivity index (χ2v) is 10.9. The van der Waals surface area contributed by atoms with Crippen molar-refractivity contribution < 1.29 is 19.0 Å².